The van der Waals surface area contributed by atoms with Crippen molar-refractivity contribution in [3.05, 3.63) is 53.5 Å². The molecule has 118 valence electrons. The zero-order chi connectivity index (χ0) is 16.7. The number of nitrogens with zero attached hydrogens (tertiary/aromatic N) is 1. The second-order valence-electron chi connectivity index (χ2n) is 4.96. The molecule has 23 heavy (non-hydrogen) atoms. The molecule has 0 bridgehead atoms. The van der Waals surface area contributed by atoms with Gasteiger partial charge in [0.1, 0.15) is 29.0 Å². The van der Waals surface area contributed by atoms with Crippen molar-refractivity contribution in [1.29, 1.82) is 5.26 Å². The predicted molar refractivity (Wildman–Crippen MR) is 85.6 cm³/mol. The molecule has 5 heteroatoms. The Morgan fingerprint density at radius 1 is 1.35 bits per heavy atom. The van der Waals surface area contributed by atoms with E-state index in [2.05, 4.69) is 5.32 Å². The summed E-state index contributed by atoms with van der Waals surface area (Å²) in [6, 6.07) is 11.3. The third-order valence-electron chi connectivity index (χ3n) is 3.23. The SMILES string of the molecule is CCCCNC(=O)/C(C#N)=C/c1ccc(-c2ccccc2F)o1. The number of hydrogen-bond donors (Lipinski definition) is 1. The first-order chi connectivity index (χ1) is 11.2. The van der Waals surface area contributed by atoms with Gasteiger partial charge in [-0.15, -0.1) is 0 Å². The second kappa shape index (κ2) is 7.95. The van der Waals surface area contributed by atoms with Gasteiger partial charge in [0.15, 0.2) is 0 Å². The Morgan fingerprint density at radius 2 is 2.13 bits per heavy atom. The molecular weight excluding hydrogens is 295 g/mol. The summed E-state index contributed by atoms with van der Waals surface area (Å²) >= 11 is 0. The zero-order valence-corrected chi connectivity index (χ0v) is 12.8. The minimum absolute atomic E-state index is 0.0458. The van der Waals surface area contributed by atoms with Crippen LogP contribution in [0.2, 0.25) is 0 Å². The fourth-order valence-corrected chi connectivity index (χ4v) is 2.00. The van der Waals surface area contributed by atoms with E-state index in [1.807, 2.05) is 13.0 Å². The number of carbonyl (C=O) groups excluding carboxylic acids is 1. The van der Waals surface area contributed by atoms with Crippen molar-refractivity contribution in [2.45, 2.75) is 19.8 Å². The Hall–Kier alpha value is -2.87. The van der Waals surface area contributed by atoms with Gasteiger partial charge in [-0.1, -0.05) is 25.5 Å². The molecule has 0 aliphatic rings. The van der Waals surface area contributed by atoms with Crippen molar-refractivity contribution < 1.29 is 13.6 Å². The molecule has 2 rings (SSSR count). The lowest BCUT2D eigenvalue weighted by molar-refractivity contribution is -0.117. The largest absolute Gasteiger partial charge is 0.457 e. The fourth-order valence-electron chi connectivity index (χ4n) is 2.00. The number of unbranched alkanes of at least 4 members (excludes halogenated alkanes) is 1. The van der Waals surface area contributed by atoms with E-state index >= 15 is 0 Å². The standard InChI is InChI=1S/C18H17FN2O2/c1-2-3-10-21-18(22)13(12-20)11-14-8-9-17(23-14)15-6-4-5-7-16(15)19/h4-9,11H,2-3,10H2,1H3,(H,21,22)/b13-11+. The molecule has 1 N–H and O–H groups in total. The highest BCUT2D eigenvalue weighted by Gasteiger charge is 2.12. The predicted octanol–water partition coefficient (Wildman–Crippen LogP) is 3.91. The van der Waals surface area contributed by atoms with Crippen molar-refractivity contribution in [3.63, 3.8) is 0 Å². The molecule has 1 aromatic heterocycles. The molecule has 2 aromatic rings. The quantitative estimate of drug-likeness (QED) is 0.499. The highest BCUT2D eigenvalue weighted by Crippen LogP contribution is 2.25. The Labute approximate surface area is 134 Å². The van der Waals surface area contributed by atoms with E-state index in [0.717, 1.165) is 12.8 Å². The normalized spacial score (nSPS) is 11.1. The van der Waals surface area contributed by atoms with Crippen molar-refractivity contribution >= 4 is 12.0 Å². The van der Waals surface area contributed by atoms with Crippen LogP contribution in [0.4, 0.5) is 4.39 Å². The molecule has 1 amide bonds. The molecular formula is C18H17FN2O2. The van der Waals surface area contributed by atoms with E-state index in [0.29, 0.717) is 23.6 Å². The lowest BCUT2D eigenvalue weighted by Crippen LogP contribution is -2.25. The molecule has 0 saturated carbocycles. The average Bonchev–Trinajstić information content (AvgIpc) is 3.01. The molecule has 0 radical (unpaired) electrons. The van der Waals surface area contributed by atoms with E-state index in [1.165, 1.54) is 12.1 Å². The van der Waals surface area contributed by atoms with Crippen LogP contribution in [0.1, 0.15) is 25.5 Å². The third kappa shape index (κ3) is 4.30. The fraction of sp³-hybridized carbons (Fsp3) is 0.222. The van der Waals surface area contributed by atoms with Crippen LogP contribution in [0.5, 0.6) is 0 Å². The maximum Gasteiger partial charge on any atom is 0.262 e. The van der Waals surface area contributed by atoms with E-state index in [9.17, 15) is 9.18 Å². The number of benzene rings is 1. The molecule has 0 spiro atoms. The number of halogens is 1. The maximum atomic E-state index is 13.7. The van der Waals surface area contributed by atoms with Crippen LogP contribution < -0.4 is 5.32 Å². The number of amides is 1. The number of rotatable bonds is 6. The molecule has 1 aromatic carbocycles. The molecule has 0 aliphatic heterocycles. The highest BCUT2D eigenvalue weighted by atomic mass is 19.1. The first kappa shape index (κ1) is 16.5. The van der Waals surface area contributed by atoms with E-state index in [4.69, 9.17) is 9.68 Å². The topological polar surface area (TPSA) is 66.0 Å². The van der Waals surface area contributed by atoms with Crippen molar-refractivity contribution in [1.82, 2.24) is 5.32 Å². The van der Waals surface area contributed by atoms with Gasteiger partial charge in [0, 0.05) is 12.6 Å². The van der Waals surface area contributed by atoms with E-state index < -0.39 is 11.7 Å². The lowest BCUT2D eigenvalue weighted by atomic mass is 10.1. The first-order valence-electron chi connectivity index (χ1n) is 7.40. The number of carbonyl (C=O) groups is 1. The molecule has 0 unspecified atom stereocenters. The summed E-state index contributed by atoms with van der Waals surface area (Å²) in [4.78, 5) is 11.9. The van der Waals surface area contributed by atoms with Gasteiger partial charge in [-0.3, -0.25) is 4.79 Å². The summed E-state index contributed by atoms with van der Waals surface area (Å²) in [5.41, 5.74) is 0.286. The lowest BCUT2D eigenvalue weighted by Gasteiger charge is -2.02. The Bertz CT molecular complexity index is 756. The Balaban J connectivity index is 2.17. The van der Waals surface area contributed by atoms with Gasteiger partial charge in [-0.2, -0.15) is 5.26 Å². The summed E-state index contributed by atoms with van der Waals surface area (Å²) in [7, 11) is 0. The van der Waals surface area contributed by atoms with Crippen LogP contribution in [0.25, 0.3) is 17.4 Å². The van der Waals surface area contributed by atoms with Crippen LogP contribution in [-0.4, -0.2) is 12.5 Å². The van der Waals surface area contributed by atoms with Gasteiger partial charge < -0.3 is 9.73 Å². The van der Waals surface area contributed by atoms with Gasteiger partial charge >= 0.3 is 0 Å². The van der Waals surface area contributed by atoms with Gasteiger partial charge in [0.05, 0.1) is 5.56 Å². The third-order valence-corrected chi connectivity index (χ3v) is 3.23. The van der Waals surface area contributed by atoms with Crippen LogP contribution in [-0.2, 0) is 4.79 Å². The summed E-state index contributed by atoms with van der Waals surface area (Å²) in [5, 5.41) is 11.8. The average molecular weight is 312 g/mol. The number of hydrogen-bond acceptors (Lipinski definition) is 3. The number of furan rings is 1. The Morgan fingerprint density at radius 3 is 2.83 bits per heavy atom. The first-order valence-corrected chi connectivity index (χ1v) is 7.40. The maximum absolute atomic E-state index is 13.7. The monoisotopic (exact) mass is 312 g/mol. The van der Waals surface area contributed by atoms with Gasteiger partial charge in [-0.05, 0) is 30.7 Å². The summed E-state index contributed by atoms with van der Waals surface area (Å²) in [5.74, 6) is -0.163. The molecule has 1 heterocycles. The van der Waals surface area contributed by atoms with Crippen LogP contribution in [0.15, 0.2) is 46.4 Å². The van der Waals surface area contributed by atoms with Crippen molar-refractivity contribution in [3.8, 4) is 17.4 Å². The van der Waals surface area contributed by atoms with E-state index in [-0.39, 0.29) is 5.57 Å². The summed E-state index contributed by atoms with van der Waals surface area (Å²) in [6.45, 7) is 2.53. The van der Waals surface area contributed by atoms with Gasteiger partial charge in [0.25, 0.3) is 5.91 Å². The smallest absolute Gasteiger partial charge is 0.262 e. The minimum Gasteiger partial charge on any atom is -0.457 e. The van der Waals surface area contributed by atoms with Gasteiger partial charge in [-0.25, -0.2) is 4.39 Å². The molecule has 0 atom stereocenters. The van der Waals surface area contributed by atoms with Crippen LogP contribution in [0, 0.1) is 17.1 Å². The molecule has 0 aliphatic carbocycles. The van der Waals surface area contributed by atoms with Crippen molar-refractivity contribution in [2.24, 2.45) is 0 Å². The van der Waals surface area contributed by atoms with Crippen molar-refractivity contribution in [2.75, 3.05) is 6.54 Å². The van der Waals surface area contributed by atoms with Crippen LogP contribution in [0.3, 0.4) is 0 Å². The Kier molecular flexibility index (Phi) is 5.70. The summed E-state index contributed by atoms with van der Waals surface area (Å²) < 4.78 is 19.2. The molecule has 4 nitrogen and oxygen atoms in total. The number of nitriles is 1. The minimum atomic E-state index is -0.440. The number of nitrogens with one attached hydrogen (secondary N) is 1. The molecule has 0 fully saturated rings. The molecule has 0 saturated heterocycles. The highest BCUT2D eigenvalue weighted by molar-refractivity contribution is 6.01. The van der Waals surface area contributed by atoms with E-state index in [1.54, 1.807) is 30.3 Å². The van der Waals surface area contributed by atoms with Gasteiger partial charge in [0.2, 0.25) is 0 Å². The second-order valence-corrected chi connectivity index (χ2v) is 4.96. The zero-order valence-electron chi connectivity index (χ0n) is 12.8. The van der Waals surface area contributed by atoms with Crippen LogP contribution >= 0.6 is 0 Å². The summed E-state index contributed by atoms with van der Waals surface area (Å²) in [6.07, 6.45) is 3.16.